The van der Waals surface area contributed by atoms with Crippen LogP contribution in [-0.4, -0.2) is 37.6 Å². The first-order valence-corrected chi connectivity index (χ1v) is 10.0. The number of carbonyl (C=O) groups is 1. The quantitative estimate of drug-likeness (QED) is 0.672. The SMILES string of the molecule is COc1ccccc1-c1cccc(NC(=O)CCCCN2CCCCC2)c1. The van der Waals surface area contributed by atoms with Crippen LogP contribution < -0.4 is 10.1 Å². The zero-order valence-corrected chi connectivity index (χ0v) is 16.2. The summed E-state index contributed by atoms with van der Waals surface area (Å²) in [5.74, 6) is 0.921. The molecular formula is C23H30N2O2. The molecule has 1 aliphatic heterocycles. The van der Waals surface area contributed by atoms with Crippen molar-refractivity contribution in [3.8, 4) is 16.9 Å². The number of unbranched alkanes of at least 4 members (excludes halogenated alkanes) is 1. The minimum Gasteiger partial charge on any atom is -0.496 e. The van der Waals surface area contributed by atoms with Crippen molar-refractivity contribution in [3.05, 3.63) is 48.5 Å². The number of ether oxygens (including phenoxy) is 1. The molecule has 0 unspecified atom stereocenters. The van der Waals surface area contributed by atoms with Gasteiger partial charge in [-0.05, 0) is 69.1 Å². The monoisotopic (exact) mass is 366 g/mol. The zero-order valence-electron chi connectivity index (χ0n) is 16.2. The predicted molar refractivity (Wildman–Crippen MR) is 111 cm³/mol. The lowest BCUT2D eigenvalue weighted by Gasteiger charge is -2.26. The van der Waals surface area contributed by atoms with E-state index in [1.807, 2.05) is 48.5 Å². The number of hydrogen-bond acceptors (Lipinski definition) is 3. The molecule has 4 nitrogen and oxygen atoms in total. The number of nitrogens with zero attached hydrogens (tertiary/aromatic N) is 1. The lowest BCUT2D eigenvalue weighted by atomic mass is 10.0. The van der Waals surface area contributed by atoms with Crippen molar-refractivity contribution in [3.63, 3.8) is 0 Å². The van der Waals surface area contributed by atoms with E-state index in [2.05, 4.69) is 10.2 Å². The van der Waals surface area contributed by atoms with Crippen LogP contribution in [0.3, 0.4) is 0 Å². The number of nitrogens with one attached hydrogen (secondary N) is 1. The van der Waals surface area contributed by atoms with Crippen molar-refractivity contribution in [2.45, 2.75) is 38.5 Å². The average molecular weight is 367 g/mol. The van der Waals surface area contributed by atoms with Crippen molar-refractivity contribution >= 4 is 11.6 Å². The van der Waals surface area contributed by atoms with Crippen LogP contribution in [0, 0.1) is 0 Å². The number of rotatable bonds is 8. The highest BCUT2D eigenvalue weighted by Gasteiger charge is 2.10. The highest BCUT2D eigenvalue weighted by atomic mass is 16.5. The van der Waals surface area contributed by atoms with Gasteiger partial charge >= 0.3 is 0 Å². The first kappa shape index (κ1) is 19.4. The van der Waals surface area contributed by atoms with Gasteiger partial charge in [-0.15, -0.1) is 0 Å². The van der Waals surface area contributed by atoms with Crippen molar-refractivity contribution in [1.82, 2.24) is 4.90 Å². The standard InChI is InChI=1S/C23H30N2O2/c1-27-22-13-4-3-12-21(22)19-10-9-11-20(18-19)24-23(26)14-5-8-17-25-15-6-2-7-16-25/h3-4,9-13,18H,2,5-8,14-17H2,1H3,(H,24,26). The van der Waals surface area contributed by atoms with Gasteiger partial charge in [-0.3, -0.25) is 4.79 Å². The Hall–Kier alpha value is -2.33. The number of hydrogen-bond donors (Lipinski definition) is 1. The molecule has 144 valence electrons. The van der Waals surface area contributed by atoms with Gasteiger partial charge < -0.3 is 15.0 Å². The first-order valence-electron chi connectivity index (χ1n) is 10.0. The summed E-state index contributed by atoms with van der Waals surface area (Å²) >= 11 is 0. The molecule has 3 rings (SSSR count). The van der Waals surface area contributed by atoms with E-state index in [9.17, 15) is 4.79 Å². The summed E-state index contributed by atoms with van der Waals surface area (Å²) < 4.78 is 5.44. The van der Waals surface area contributed by atoms with Crippen molar-refractivity contribution in [2.24, 2.45) is 0 Å². The summed E-state index contributed by atoms with van der Waals surface area (Å²) in [7, 11) is 1.67. The van der Waals surface area contributed by atoms with E-state index >= 15 is 0 Å². The molecule has 2 aromatic rings. The third kappa shape index (κ3) is 5.83. The zero-order chi connectivity index (χ0) is 18.9. The summed E-state index contributed by atoms with van der Waals surface area (Å²) in [6.07, 6.45) is 6.62. The van der Waals surface area contributed by atoms with E-state index in [0.717, 1.165) is 42.0 Å². The van der Waals surface area contributed by atoms with Crippen LogP contribution in [0.5, 0.6) is 5.75 Å². The molecule has 0 aliphatic carbocycles. The number of carbonyl (C=O) groups excluding carboxylic acids is 1. The molecule has 1 N–H and O–H groups in total. The lowest BCUT2D eigenvalue weighted by molar-refractivity contribution is -0.116. The molecule has 0 aromatic heterocycles. The van der Waals surface area contributed by atoms with Gasteiger partial charge in [0, 0.05) is 17.7 Å². The number of methoxy groups -OCH3 is 1. The summed E-state index contributed by atoms with van der Waals surface area (Å²) in [5, 5.41) is 3.03. The summed E-state index contributed by atoms with van der Waals surface area (Å²) in [5.41, 5.74) is 2.90. The Morgan fingerprint density at radius 3 is 2.67 bits per heavy atom. The van der Waals surface area contributed by atoms with Gasteiger partial charge in [-0.2, -0.15) is 0 Å². The second-order valence-corrected chi connectivity index (χ2v) is 7.19. The van der Waals surface area contributed by atoms with Crippen molar-refractivity contribution < 1.29 is 9.53 Å². The van der Waals surface area contributed by atoms with Crippen molar-refractivity contribution in [2.75, 3.05) is 32.1 Å². The molecule has 1 saturated heterocycles. The van der Waals surface area contributed by atoms with Gasteiger partial charge in [0.1, 0.15) is 5.75 Å². The molecule has 1 fully saturated rings. The van der Waals surface area contributed by atoms with Crippen LogP contribution >= 0.6 is 0 Å². The van der Waals surface area contributed by atoms with Gasteiger partial charge in [-0.25, -0.2) is 0 Å². The van der Waals surface area contributed by atoms with E-state index in [4.69, 9.17) is 4.74 Å². The summed E-state index contributed by atoms with van der Waals surface area (Å²) in [6, 6.07) is 15.9. The van der Waals surface area contributed by atoms with E-state index in [1.54, 1.807) is 7.11 Å². The minimum atomic E-state index is 0.0887. The maximum atomic E-state index is 12.3. The second-order valence-electron chi connectivity index (χ2n) is 7.19. The van der Waals surface area contributed by atoms with E-state index in [-0.39, 0.29) is 5.91 Å². The number of likely N-dealkylation sites (tertiary alicyclic amines) is 1. The lowest BCUT2D eigenvalue weighted by Crippen LogP contribution is -2.30. The molecule has 0 radical (unpaired) electrons. The molecular weight excluding hydrogens is 336 g/mol. The smallest absolute Gasteiger partial charge is 0.224 e. The van der Waals surface area contributed by atoms with E-state index in [0.29, 0.717) is 6.42 Å². The number of para-hydroxylation sites is 1. The third-order valence-corrected chi connectivity index (χ3v) is 5.14. The fraction of sp³-hybridized carbons (Fsp3) is 0.435. The molecule has 27 heavy (non-hydrogen) atoms. The van der Waals surface area contributed by atoms with Gasteiger partial charge in [0.15, 0.2) is 0 Å². The Labute approximate surface area is 162 Å². The highest BCUT2D eigenvalue weighted by molar-refractivity contribution is 5.91. The number of amides is 1. The molecule has 4 heteroatoms. The topological polar surface area (TPSA) is 41.6 Å². The van der Waals surface area contributed by atoms with Crippen LogP contribution in [0.2, 0.25) is 0 Å². The van der Waals surface area contributed by atoms with Crippen LogP contribution in [0.1, 0.15) is 38.5 Å². The molecule has 1 amide bonds. The second kappa shape index (κ2) is 10.1. The number of anilines is 1. The molecule has 2 aromatic carbocycles. The first-order chi connectivity index (χ1) is 13.3. The van der Waals surface area contributed by atoms with Crippen LogP contribution in [0.15, 0.2) is 48.5 Å². The molecule has 0 atom stereocenters. The maximum Gasteiger partial charge on any atom is 0.224 e. The molecule has 1 heterocycles. The van der Waals surface area contributed by atoms with Gasteiger partial charge in [-0.1, -0.05) is 36.8 Å². The molecule has 1 aliphatic rings. The normalized spacial score (nSPS) is 14.7. The van der Waals surface area contributed by atoms with Gasteiger partial charge in [0.2, 0.25) is 5.91 Å². The predicted octanol–water partition coefficient (Wildman–Crippen LogP) is 4.96. The average Bonchev–Trinajstić information content (AvgIpc) is 2.72. The number of piperidine rings is 1. The van der Waals surface area contributed by atoms with Crippen LogP contribution in [-0.2, 0) is 4.79 Å². The maximum absolute atomic E-state index is 12.3. The Morgan fingerprint density at radius 2 is 1.85 bits per heavy atom. The van der Waals surface area contributed by atoms with Crippen LogP contribution in [0.25, 0.3) is 11.1 Å². The Bertz CT molecular complexity index is 739. The van der Waals surface area contributed by atoms with Gasteiger partial charge in [0.05, 0.1) is 7.11 Å². The number of benzene rings is 2. The van der Waals surface area contributed by atoms with Gasteiger partial charge in [0.25, 0.3) is 0 Å². The molecule has 0 saturated carbocycles. The largest absolute Gasteiger partial charge is 0.496 e. The molecule has 0 bridgehead atoms. The fourth-order valence-corrected chi connectivity index (χ4v) is 3.68. The van der Waals surface area contributed by atoms with Crippen LogP contribution in [0.4, 0.5) is 5.69 Å². The Kier molecular flexibility index (Phi) is 7.28. The summed E-state index contributed by atoms with van der Waals surface area (Å²) in [6.45, 7) is 3.57. The minimum absolute atomic E-state index is 0.0887. The fourth-order valence-electron chi connectivity index (χ4n) is 3.68. The third-order valence-electron chi connectivity index (χ3n) is 5.14. The Balaban J connectivity index is 1.49. The van der Waals surface area contributed by atoms with E-state index < -0.39 is 0 Å². The highest BCUT2D eigenvalue weighted by Crippen LogP contribution is 2.31. The van der Waals surface area contributed by atoms with E-state index in [1.165, 1.54) is 32.4 Å². The molecule has 0 spiro atoms. The summed E-state index contributed by atoms with van der Waals surface area (Å²) in [4.78, 5) is 14.8. The van der Waals surface area contributed by atoms with Crippen molar-refractivity contribution in [1.29, 1.82) is 0 Å². The Morgan fingerprint density at radius 1 is 1.04 bits per heavy atom.